The minimum Gasteiger partial charge on any atom is -0.323 e. The molecule has 1 fully saturated rings. The second kappa shape index (κ2) is 6.11. The molecule has 1 saturated heterocycles. The molecular weight excluding hydrogens is 281 g/mol. The Labute approximate surface area is 126 Å². The third-order valence-electron chi connectivity index (χ3n) is 4.41. The van der Waals surface area contributed by atoms with E-state index in [1.807, 2.05) is 12.1 Å². The lowest BCUT2D eigenvalue weighted by Gasteiger charge is -2.37. The molecule has 1 atom stereocenters. The zero-order valence-electron chi connectivity index (χ0n) is 10.7. The van der Waals surface area contributed by atoms with Gasteiger partial charge >= 0.3 is 0 Å². The van der Waals surface area contributed by atoms with Crippen molar-refractivity contribution in [2.75, 3.05) is 13.1 Å². The molecule has 1 aromatic carbocycles. The van der Waals surface area contributed by atoms with E-state index in [-0.39, 0.29) is 36.3 Å². The molecule has 1 aromatic rings. The summed E-state index contributed by atoms with van der Waals surface area (Å²) in [4.78, 5) is 0. The lowest BCUT2D eigenvalue weighted by atomic mass is 9.73. The fourth-order valence-corrected chi connectivity index (χ4v) is 3.35. The summed E-state index contributed by atoms with van der Waals surface area (Å²) < 4.78 is 0. The fraction of sp³-hybridized carbons (Fsp3) is 0.500. The Morgan fingerprint density at radius 3 is 2.58 bits per heavy atom. The van der Waals surface area contributed by atoms with Crippen LogP contribution < -0.4 is 11.1 Å². The lowest BCUT2D eigenvalue weighted by molar-refractivity contribution is 0.174. The van der Waals surface area contributed by atoms with Crippen molar-refractivity contribution in [2.45, 2.75) is 25.3 Å². The summed E-state index contributed by atoms with van der Waals surface area (Å²) in [6, 6.07) is 8.28. The van der Waals surface area contributed by atoms with Gasteiger partial charge in [0, 0.05) is 6.04 Å². The van der Waals surface area contributed by atoms with Crippen LogP contribution in [0.25, 0.3) is 0 Å². The van der Waals surface area contributed by atoms with Gasteiger partial charge in [0.25, 0.3) is 0 Å². The van der Waals surface area contributed by atoms with E-state index in [9.17, 15) is 0 Å². The number of hydrogen-bond acceptors (Lipinski definition) is 3. The van der Waals surface area contributed by atoms with Gasteiger partial charge in [0.05, 0.1) is 11.6 Å². The van der Waals surface area contributed by atoms with Crippen LogP contribution in [-0.4, -0.2) is 13.1 Å². The highest BCUT2D eigenvalue weighted by molar-refractivity contribution is 5.85. The summed E-state index contributed by atoms with van der Waals surface area (Å²) in [6.45, 7) is 2.12. The second-order valence-electron chi connectivity index (χ2n) is 5.29. The number of nitriles is 1. The Kier molecular flexibility index (Phi) is 5.23. The molecular formula is C14H19Cl2N3. The minimum atomic E-state index is 0. The van der Waals surface area contributed by atoms with Crippen LogP contribution >= 0.6 is 24.8 Å². The highest BCUT2D eigenvalue weighted by atomic mass is 35.5. The summed E-state index contributed by atoms with van der Waals surface area (Å²) in [6.07, 6.45) is 3.37. The molecule has 2 aliphatic rings. The number of nitrogens with zero attached hydrogens (tertiary/aromatic N) is 1. The molecule has 19 heavy (non-hydrogen) atoms. The van der Waals surface area contributed by atoms with Crippen LogP contribution in [-0.2, 0) is 6.42 Å². The van der Waals surface area contributed by atoms with Crippen LogP contribution in [0.1, 0.15) is 35.6 Å². The van der Waals surface area contributed by atoms with E-state index < -0.39 is 0 Å². The molecule has 1 spiro atoms. The molecule has 0 amide bonds. The number of hydrogen-bond donors (Lipinski definition) is 2. The van der Waals surface area contributed by atoms with Crippen LogP contribution in [0, 0.1) is 16.7 Å². The van der Waals surface area contributed by atoms with Crippen molar-refractivity contribution in [1.82, 2.24) is 5.32 Å². The Morgan fingerprint density at radius 2 is 1.95 bits per heavy atom. The van der Waals surface area contributed by atoms with Gasteiger partial charge in [-0.15, -0.1) is 24.8 Å². The van der Waals surface area contributed by atoms with Gasteiger partial charge in [-0.3, -0.25) is 0 Å². The van der Waals surface area contributed by atoms with Gasteiger partial charge in [0.1, 0.15) is 0 Å². The van der Waals surface area contributed by atoms with Crippen molar-refractivity contribution in [3.63, 3.8) is 0 Å². The number of halogens is 2. The van der Waals surface area contributed by atoms with E-state index >= 15 is 0 Å². The van der Waals surface area contributed by atoms with Gasteiger partial charge in [-0.2, -0.15) is 5.26 Å². The predicted octanol–water partition coefficient (Wildman–Crippen LogP) is 2.33. The van der Waals surface area contributed by atoms with Crippen LogP contribution in [0.2, 0.25) is 0 Å². The molecule has 0 aromatic heterocycles. The fourth-order valence-electron chi connectivity index (χ4n) is 3.35. The van der Waals surface area contributed by atoms with Gasteiger partial charge in [0.15, 0.2) is 0 Å². The molecule has 0 unspecified atom stereocenters. The number of rotatable bonds is 0. The highest BCUT2D eigenvalue weighted by Crippen LogP contribution is 2.49. The van der Waals surface area contributed by atoms with Gasteiger partial charge in [-0.05, 0) is 61.0 Å². The van der Waals surface area contributed by atoms with Gasteiger partial charge in [-0.25, -0.2) is 0 Å². The lowest BCUT2D eigenvalue weighted by Crippen LogP contribution is -2.42. The average molecular weight is 300 g/mol. The van der Waals surface area contributed by atoms with Gasteiger partial charge in [0.2, 0.25) is 0 Å². The molecule has 104 valence electrons. The number of piperidine rings is 1. The molecule has 0 bridgehead atoms. The third kappa shape index (κ3) is 2.59. The van der Waals surface area contributed by atoms with Crippen LogP contribution in [0.5, 0.6) is 0 Å². The molecule has 1 aliphatic carbocycles. The largest absolute Gasteiger partial charge is 0.323 e. The van der Waals surface area contributed by atoms with E-state index in [2.05, 4.69) is 17.5 Å². The summed E-state index contributed by atoms with van der Waals surface area (Å²) in [5.41, 5.74) is 9.95. The zero-order chi connectivity index (χ0) is 11.9. The quantitative estimate of drug-likeness (QED) is 0.773. The van der Waals surface area contributed by atoms with Crippen molar-refractivity contribution in [1.29, 1.82) is 5.26 Å². The summed E-state index contributed by atoms with van der Waals surface area (Å²) in [7, 11) is 0. The minimum absolute atomic E-state index is 0. The summed E-state index contributed by atoms with van der Waals surface area (Å²) >= 11 is 0. The van der Waals surface area contributed by atoms with Crippen molar-refractivity contribution in [3.05, 3.63) is 34.9 Å². The Balaban J connectivity index is 0.000000902. The molecule has 3 N–H and O–H groups in total. The van der Waals surface area contributed by atoms with Crippen molar-refractivity contribution in [2.24, 2.45) is 11.1 Å². The molecule has 0 radical (unpaired) electrons. The van der Waals surface area contributed by atoms with E-state index in [1.165, 1.54) is 11.1 Å². The molecule has 1 heterocycles. The van der Waals surface area contributed by atoms with Crippen LogP contribution in [0.4, 0.5) is 0 Å². The SMILES string of the molecule is Cl.Cl.N#Cc1ccc2c(c1)[C@@H](N)C1(CCNCC1)C2. The number of benzene rings is 1. The van der Waals surface area contributed by atoms with E-state index in [0.717, 1.165) is 37.9 Å². The first-order valence-corrected chi connectivity index (χ1v) is 6.24. The smallest absolute Gasteiger partial charge is 0.0991 e. The van der Waals surface area contributed by atoms with Crippen LogP contribution in [0.3, 0.4) is 0 Å². The van der Waals surface area contributed by atoms with E-state index in [4.69, 9.17) is 11.0 Å². The van der Waals surface area contributed by atoms with Crippen molar-refractivity contribution < 1.29 is 0 Å². The zero-order valence-corrected chi connectivity index (χ0v) is 12.3. The summed E-state index contributed by atoms with van der Waals surface area (Å²) in [5, 5.41) is 12.4. The Bertz CT molecular complexity index is 490. The first-order valence-electron chi connectivity index (χ1n) is 6.24. The van der Waals surface area contributed by atoms with Gasteiger partial charge < -0.3 is 11.1 Å². The van der Waals surface area contributed by atoms with Crippen LogP contribution in [0.15, 0.2) is 18.2 Å². The number of nitrogens with two attached hydrogens (primary N) is 1. The normalized spacial score (nSPS) is 22.8. The first kappa shape index (κ1) is 16.3. The van der Waals surface area contributed by atoms with Crippen molar-refractivity contribution >= 4 is 24.8 Å². The molecule has 3 rings (SSSR count). The number of nitrogens with one attached hydrogen (secondary N) is 1. The summed E-state index contributed by atoms with van der Waals surface area (Å²) in [5.74, 6) is 0. The van der Waals surface area contributed by atoms with Gasteiger partial charge in [-0.1, -0.05) is 6.07 Å². The first-order chi connectivity index (χ1) is 8.25. The third-order valence-corrected chi connectivity index (χ3v) is 4.41. The monoisotopic (exact) mass is 299 g/mol. The molecule has 5 heteroatoms. The predicted molar refractivity (Wildman–Crippen MR) is 80.8 cm³/mol. The molecule has 3 nitrogen and oxygen atoms in total. The Morgan fingerprint density at radius 1 is 1.26 bits per heavy atom. The van der Waals surface area contributed by atoms with E-state index in [0.29, 0.717) is 0 Å². The Hall–Kier alpha value is -0.790. The van der Waals surface area contributed by atoms with E-state index in [1.54, 1.807) is 0 Å². The maximum Gasteiger partial charge on any atom is 0.0991 e. The molecule has 1 aliphatic heterocycles. The molecule has 0 saturated carbocycles. The maximum absolute atomic E-state index is 8.96. The maximum atomic E-state index is 8.96. The standard InChI is InChI=1S/C14H17N3.2ClH/c15-9-10-1-2-11-8-14(3-5-17-6-4-14)13(16)12(11)7-10;;/h1-2,7,13,17H,3-6,8,16H2;2*1H/t13-;;/m1../s1. The topological polar surface area (TPSA) is 61.8 Å². The highest BCUT2D eigenvalue weighted by Gasteiger charge is 2.44. The average Bonchev–Trinajstić information content (AvgIpc) is 2.63. The second-order valence-corrected chi connectivity index (χ2v) is 5.29. The number of fused-ring (bicyclic) bond motifs is 1. The van der Waals surface area contributed by atoms with Crippen molar-refractivity contribution in [3.8, 4) is 6.07 Å².